The molecule has 0 amide bonds. The number of aromatic nitrogens is 1. The van der Waals surface area contributed by atoms with Gasteiger partial charge < -0.3 is 8.71 Å². The second-order valence-corrected chi connectivity index (χ2v) is 7.05. The number of benzene rings is 1. The number of aryl methyl sites for hydroxylation is 1. The molecule has 0 aliphatic carbocycles. The van der Waals surface area contributed by atoms with E-state index in [-0.39, 0.29) is 11.7 Å². The van der Waals surface area contributed by atoms with Crippen molar-refractivity contribution in [1.82, 2.24) is 5.16 Å². The topological polar surface area (TPSA) is 69.4 Å². The minimum absolute atomic E-state index is 0.0837. The molecule has 0 N–H and O–H groups in total. The van der Waals surface area contributed by atoms with Gasteiger partial charge in [-0.2, -0.15) is 8.42 Å². The van der Waals surface area contributed by atoms with Gasteiger partial charge in [0.15, 0.2) is 0 Å². The lowest BCUT2D eigenvalue weighted by atomic mass is 10.0. The molecule has 21 heavy (non-hydrogen) atoms. The van der Waals surface area contributed by atoms with E-state index in [2.05, 4.69) is 9.68 Å². The van der Waals surface area contributed by atoms with Crippen LogP contribution in [0, 0.1) is 6.92 Å². The fraction of sp³-hybridized carbons (Fsp3) is 0.357. The van der Waals surface area contributed by atoms with Crippen LogP contribution in [0.4, 0.5) is 0 Å². The Morgan fingerprint density at radius 3 is 2.67 bits per heavy atom. The molecule has 0 aliphatic heterocycles. The third-order valence-electron chi connectivity index (χ3n) is 2.95. The average Bonchev–Trinajstić information content (AvgIpc) is 2.84. The summed E-state index contributed by atoms with van der Waals surface area (Å²) in [6.45, 7) is 5.68. The van der Waals surface area contributed by atoms with Crippen LogP contribution in [0.5, 0.6) is 5.75 Å². The van der Waals surface area contributed by atoms with Crippen LogP contribution >= 0.6 is 11.6 Å². The Bertz CT molecular complexity index is 724. The largest absolute Gasteiger partial charge is 0.382 e. The molecule has 2 rings (SSSR count). The highest BCUT2D eigenvalue weighted by Crippen LogP contribution is 2.33. The molecule has 0 atom stereocenters. The van der Waals surface area contributed by atoms with Crippen LogP contribution in [0.2, 0.25) is 5.02 Å². The van der Waals surface area contributed by atoms with Crippen LogP contribution in [-0.2, 0) is 15.9 Å². The number of nitrogens with zero attached hydrogens (tertiary/aromatic N) is 1. The monoisotopic (exact) mass is 329 g/mol. The van der Waals surface area contributed by atoms with E-state index >= 15 is 0 Å². The van der Waals surface area contributed by atoms with Gasteiger partial charge in [0.05, 0.1) is 0 Å². The van der Waals surface area contributed by atoms with Gasteiger partial charge in [0, 0.05) is 11.1 Å². The second-order valence-electron chi connectivity index (χ2n) is 5.07. The third-order valence-corrected chi connectivity index (χ3v) is 4.44. The third kappa shape index (κ3) is 3.98. The van der Waals surface area contributed by atoms with Gasteiger partial charge in [-0.25, -0.2) is 0 Å². The highest BCUT2D eigenvalue weighted by molar-refractivity contribution is 7.86. The van der Waals surface area contributed by atoms with E-state index in [1.807, 2.05) is 13.8 Å². The van der Waals surface area contributed by atoms with Gasteiger partial charge in [-0.1, -0.05) is 30.6 Å². The number of rotatable bonds is 5. The first-order valence-electron chi connectivity index (χ1n) is 6.40. The van der Waals surface area contributed by atoms with E-state index in [0.717, 1.165) is 11.1 Å². The Labute approximate surface area is 129 Å². The Morgan fingerprint density at radius 2 is 2.10 bits per heavy atom. The SMILES string of the molecule is Cc1cc(OS(=O)(=O)Cc2ccon2)c(C(C)C)cc1Cl. The van der Waals surface area contributed by atoms with E-state index in [9.17, 15) is 8.42 Å². The van der Waals surface area contributed by atoms with Crippen molar-refractivity contribution >= 4 is 21.7 Å². The highest BCUT2D eigenvalue weighted by atomic mass is 35.5. The van der Waals surface area contributed by atoms with Crippen molar-refractivity contribution in [3.8, 4) is 5.75 Å². The summed E-state index contributed by atoms with van der Waals surface area (Å²) in [5.74, 6) is 0.0404. The summed E-state index contributed by atoms with van der Waals surface area (Å²) in [7, 11) is -3.81. The summed E-state index contributed by atoms with van der Waals surface area (Å²) < 4.78 is 34.1. The van der Waals surface area contributed by atoms with Crippen molar-refractivity contribution in [2.24, 2.45) is 0 Å². The molecule has 0 radical (unpaired) electrons. The van der Waals surface area contributed by atoms with E-state index < -0.39 is 10.1 Å². The lowest BCUT2D eigenvalue weighted by molar-refractivity contribution is 0.412. The summed E-state index contributed by atoms with van der Waals surface area (Å²) in [4.78, 5) is 0. The molecule has 7 heteroatoms. The minimum Gasteiger partial charge on any atom is -0.382 e. The molecule has 0 saturated heterocycles. The molecule has 0 spiro atoms. The molecule has 0 unspecified atom stereocenters. The number of hydrogen-bond acceptors (Lipinski definition) is 5. The van der Waals surface area contributed by atoms with Crippen LogP contribution in [0.3, 0.4) is 0 Å². The summed E-state index contributed by atoms with van der Waals surface area (Å²) in [5.41, 5.74) is 1.80. The maximum Gasteiger partial charge on any atom is 0.315 e. The molecule has 0 fully saturated rings. The van der Waals surface area contributed by atoms with Crippen LogP contribution in [0.15, 0.2) is 29.0 Å². The predicted octanol–water partition coefficient (Wildman–Crippen LogP) is 3.67. The summed E-state index contributed by atoms with van der Waals surface area (Å²) in [6, 6.07) is 4.86. The standard InChI is InChI=1S/C14H16ClNO4S/c1-9(2)12-7-13(15)10(3)6-14(12)20-21(17,18)8-11-4-5-19-16-11/h4-7,9H,8H2,1-3H3. The molecule has 1 aromatic heterocycles. The van der Waals surface area contributed by atoms with Gasteiger partial charge >= 0.3 is 10.1 Å². The van der Waals surface area contributed by atoms with E-state index in [1.54, 1.807) is 19.1 Å². The van der Waals surface area contributed by atoms with Crippen molar-refractivity contribution in [3.05, 3.63) is 46.3 Å². The zero-order valence-corrected chi connectivity index (χ0v) is 13.5. The Hall–Kier alpha value is -1.53. The molecular weight excluding hydrogens is 314 g/mol. The summed E-state index contributed by atoms with van der Waals surface area (Å²) >= 11 is 6.09. The van der Waals surface area contributed by atoms with Crippen molar-refractivity contribution in [1.29, 1.82) is 0 Å². The van der Waals surface area contributed by atoms with Crippen LogP contribution in [0.25, 0.3) is 0 Å². The van der Waals surface area contributed by atoms with Gasteiger partial charge in [0.1, 0.15) is 23.5 Å². The van der Waals surface area contributed by atoms with Gasteiger partial charge in [-0.15, -0.1) is 0 Å². The normalized spacial score (nSPS) is 11.9. The predicted molar refractivity (Wildman–Crippen MR) is 80.0 cm³/mol. The molecule has 1 heterocycles. The van der Waals surface area contributed by atoms with Crippen molar-refractivity contribution in [2.45, 2.75) is 32.4 Å². The lowest BCUT2D eigenvalue weighted by Gasteiger charge is -2.15. The average molecular weight is 330 g/mol. The van der Waals surface area contributed by atoms with Crippen LogP contribution in [0.1, 0.15) is 36.6 Å². The molecule has 1 aromatic carbocycles. The maximum atomic E-state index is 12.1. The number of hydrogen-bond donors (Lipinski definition) is 0. The molecule has 114 valence electrons. The first kappa shape index (κ1) is 15.9. The highest BCUT2D eigenvalue weighted by Gasteiger charge is 2.20. The fourth-order valence-electron chi connectivity index (χ4n) is 1.85. The van der Waals surface area contributed by atoms with Crippen LogP contribution < -0.4 is 4.18 Å². The Balaban J connectivity index is 2.32. The smallest absolute Gasteiger partial charge is 0.315 e. The molecule has 0 bridgehead atoms. The molecule has 5 nitrogen and oxygen atoms in total. The molecule has 2 aromatic rings. The van der Waals surface area contributed by atoms with Crippen LogP contribution in [-0.4, -0.2) is 13.6 Å². The van der Waals surface area contributed by atoms with Gasteiger partial charge in [-0.05, 0) is 36.1 Å². The lowest BCUT2D eigenvalue weighted by Crippen LogP contribution is -2.14. The Morgan fingerprint density at radius 1 is 1.38 bits per heavy atom. The van der Waals surface area contributed by atoms with Gasteiger partial charge in [0.25, 0.3) is 0 Å². The molecular formula is C14H16ClNO4S. The molecule has 0 aliphatic rings. The summed E-state index contributed by atoms with van der Waals surface area (Å²) in [6.07, 6.45) is 1.32. The zero-order chi connectivity index (χ0) is 15.6. The zero-order valence-electron chi connectivity index (χ0n) is 12.0. The van der Waals surface area contributed by atoms with Gasteiger partial charge in [0.2, 0.25) is 0 Å². The quantitative estimate of drug-likeness (QED) is 0.783. The van der Waals surface area contributed by atoms with Crippen molar-refractivity contribution in [3.63, 3.8) is 0 Å². The summed E-state index contributed by atoms with van der Waals surface area (Å²) in [5, 5.41) is 4.16. The van der Waals surface area contributed by atoms with E-state index in [0.29, 0.717) is 16.5 Å². The molecule has 0 saturated carbocycles. The second kappa shape index (κ2) is 6.07. The number of halogens is 1. The minimum atomic E-state index is -3.81. The maximum absolute atomic E-state index is 12.1. The van der Waals surface area contributed by atoms with Crippen molar-refractivity contribution in [2.75, 3.05) is 0 Å². The first-order valence-corrected chi connectivity index (χ1v) is 8.35. The van der Waals surface area contributed by atoms with Gasteiger partial charge in [-0.3, -0.25) is 0 Å². The van der Waals surface area contributed by atoms with E-state index in [1.165, 1.54) is 12.3 Å². The van der Waals surface area contributed by atoms with Crippen molar-refractivity contribution < 1.29 is 17.1 Å². The Kier molecular flexibility index (Phi) is 4.58. The van der Waals surface area contributed by atoms with E-state index in [4.69, 9.17) is 15.8 Å². The first-order chi connectivity index (χ1) is 9.78. The fourth-order valence-corrected chi connectivity index (χ4v) is 3.01.